The quantitative estimate of drug-likeness (QED) is 0.400. The molecule has 33 heavy (non-hydrogen) atoms. The summed E-state index contributed by atoms with van der Waals surface area (Å²) >= 11 is 1.61. The minimum Gasteiger partial charge on any atom is -0.348 e. The summed E-state index contributed by atoms with van der Waals surface area (Å²) in [6.07, 6.45) is 9.29. The van der Waals surface area contributed by atoms with E-state index in [0.29, 0.717) is 18.0 Å². The lowest BCUT2D eigenvalue weighted by Crippen LogP contribution is -2.36. The zero-order valence-electron chi connectivity index (χ0n) is 18.1. The van der Waals surface area contributed by atoms with E-state index in [2.05, 4.69) is 47.7 Å². The Morgan fingerprint density at radius 3 is 2.85 bits per heavy atom. The van der Waals surface area contributed by atoms with Gasteiger partial charge in [0.05, 0.1) is 12.7 Å². The number of carbonyl (C=O) groups excluding carboxylic acids is 1. The van der Waals surface area contributed by atoms with Crippen molar-refractivity contribution in [2.24, 2.45) is 0 Å². The largest absolute Gasteiger partial charge is 0.348 e. The van der Waals surface area contributed by atoms with Crippen molar-refractivity contribution in [1.82, 2.24) is 34.7 Å². The molecule has 9 nitrogen and oxygen atoms in total. The molecule has 3 aromatic rings. The standard InChI is InChI=1S/C23H26N8OS/c32-23(26-17-7-8-24-12-17)16-3-5-18(6-4-16)33-30-13-21-25-9-10-31(21)22(14-30)27-20-11-19(28-29-20)15-1-2-15/h3-6,9-11,14-15,17,24H,1-2,7-8,12-13H2,(H,26,32)(H2,27,28,29). The topological polar surface area (TPSA) is 103 Å². The van der Waals surface area contributed by atoms with Crippen LogP contribution in [0.1, 0.15) is 47.1 Å². The number of carbonyl (C=O) groups is 1. The number of aromatic amines is 1. The molecule has 2 aliphatic heterocycles. The van der Waals surface area contributed by atoms with Crippen molar-refractivity contribution in [3.8, 4) is 0 Å². The van der Waals surface area contributed by atoms with Crippen LogP contribution in [0, 0.1) is 0 Å². The maximum absolute atomic E-state index is 12.5. The van der Waals surface area contributed by atoms with E-state index in [1.165, 1.54) is 18.5 Å². The maximum Gasteiger partial charge on any atom is 0.251 e. The number of nitrogens with one attached hydrogen (secondary N) is 4. The minimum atomic E-state index is -0.0174. The second-order valence-electron chi connectivity index (χ2n) is 8.69. The molecule has 1 amide bonds. The van der Waals surface area contributed by atoms with Gasteiger partial charge in [-0.2, -0.15) is 5.10 Å². The van der Waals surface area contributed by atoms with Crippen molar-refractivity contribution in [3.63, 3.8) is 0 Å². The molecule has 1 saturated carbocycles. The molecule has 170 valence electrons. The second-order valence-corrected chi connectivity index (χ2v) is 9.81. The third kappa shape index (κ3) is 4.49. The predicted molar refractivity (Wildman–Crippen MR) is 127 cm³/mol. The third-order valence-electron chi connectivity index (χ3n) is 6.15. The van der Waals surface area contributed by atoms with Gasteiger partial charge in [0, 0.05) is 53.1 Å². The molecular formula is C23H26N8OS. The van der Waals surface area contributed by atoms with Gasteiger partial charge >= 0.3 is 0 Å². The van der Waals surface area contributed by atoms with Crippen molar-refractivity contribution in [1.29, 1.82) is 0 Å². The van der Waals surface area contributed by atoms with Crippen molar-refractivity contribution in [3.05, 3.63) is 66.0 Å². The van der Waals surface area contributed by atoms with E-state index in [9.17, 15) is 4.79 Å². The fourth-order valence-corrected chi connectivity index (χ4v) is 5.05. The third-order valence-corrected chi connectivity index (χ3v) is 7.10. The summed E-state index contributed by atoms with van der Waals surface area (Å²) in [4.78, 5) is 18.0. The number of aromatic nitrogens is 4. The molecule has 6 rings (SSSR count). The van der Waals surface area contributed by atoms with Crippen LogP contribution in [0.2, 0.25) is 0 Å². The number of H-pyrrole nitrogens is 1. The van der Waals surface area contributed by atoms with Crippen LogP contribution < -0.4 is 16.0 Å². The van der Waals surface area contributed by atoms with E-state index in [1.54, 1.807) is 11.9 Å². The van der Waals surface area contributed by atoms with E-state index in [0.717, 1.165) is 41.9 Å². The average Bonchev–Trinajstić information content (AvgIpc) is 3.19. The van der Waals surface area contributed by atoms with Gasteiger partial charge < -0.3 is 20.3 Å². The highest BCUT2D eigenvalue weighted by Gasteiger charge is 2.26. The first-order valence-corrected chi connectivity index (χ1v) is 12.1. The summed E-state index contributed by atoms with van der Waals surface area (Å²) in [6.45, 7) is 2.47. The van der Waals surface area contributed by atoms with Crippen molar-refractivity contribution in [2.45, 2.75) is 42.7 Å². The molecule has 2 fully saturated rings. The SMILES string of the molecule is O=C(NC1CCNC1)c1ccc(SN2C=C(Nc3cc(C4CC4)[nH]n3)n3ccnc3C2)cc1. The smallest absolute Gasteiger partial charge is 0.251 e. The molecule has 1 aromatic carbocycles. The van der Waals surface area contributed by atoms with E-state index >= 15 is 0 Å². The molecule has 1 saturated heterocycles. The van der Waals surface area contributed by atoms with E-state index < -0.39 is 0 Å². The lowest BCUT2D eigenvalue weighted by atomic mass is 10.2. The Balaban J connectivity index is 1.14. The molecule has 3 aliphatic rings. The first-order valence-electron chi connectivity index (χ1n) is 11.3. The van der Waals surface area contributed by atoms with Crippen molar-refractivity contribution >= 4 is 29.5 Å². The molecule has 0 radical (unpaired) electrons. The Kier molecular flexibility index (Phi) is 5.31. The van der Waals surface area contributed by atoms with Gasteiger partial charge in [0.15, 0.2) is 5.82 Å². The van der Waals surface area contributed by atoms with Crippen LogP contribution >= 0.6 is 11.9 Å². The Labute approximate surface area is 196 Å². The highest BCUT2D eigenvalue weighted by molar-refractivity contribution is 7.97. The van der Waals surface area contributed by atoms with Crippen LogP contribution in [0.15, 0.2) is 53.8 Å². The van der Waals surface area contributed by atoms with Gasteiger partial charge in [-0.1, -0.05) is 0 Å². The summed E-state index contributed by atoms with van der Waals surface area (Å²) in [7, 11) is 0. The number of hydrogen-bond acceptors (Lipinski definition) is 7. The number of amides is 1. The zero-order chi connectivity index (χ0) is 22.2. The van der Waals surface area contributed by atoms with Gasteiger partial charge in [-0.3, -0.25) is 14.5 Å². The van der Waals surface area contributed by atoms with E-state index in [-0.39, 0.29) is 11.9 Å². The maximum atomic E-state index is 12.5. The second kappa shape index (κ2) is 8.60. The van der Waals surface area contributed by atoms with Crippen LogP contribution in [0.4, 0.5) is 5.82 Å². The summed E-state index contributed by atoms with van der Waals surface area (Å²) < 4.78 is 4.19. The average molecular weight is 463 g/mol. The monoisotopic (exact) mass is 462 g/mol. The molecule has 4 N–H and O–H groups in total. The van der Waals surface area contributed by atoms with E-state index in [1.807, 2.05) is 41.2 Å². The molecule has 0 bridgehead atoms. The molecule has 2 aromatic heterocycles. The van der Waals surface area contributed by atoms with Gasteiger partial charge in [-0.05, 0) is 62.0 Å². The normalized spacial score (nSPS) is 19.8. The molecule has 1 aliphatic carbocycles. The lowest BCUT2D eigenvalue weighted by molar-refractivity contribution is 0.0940. The molecule has 0 spiro atoms. The van der Waals surface area contributed by atoms with E-state index in [4.69, 9.17) is 0 Å². The van der Waals surface area contributed by atoms with Gasteiger partial charge in [0.25, 0.3) is 5.91 Å². The molecule has 4 heterocycles. The number of nitrogens with zero attached hydrogens (tertiary/aromatic N) is 4. The van der Waals surface area contributed by atoms with Gasteiger partial charge in [0.1, 0.15) is 11.6 Å². The predicted octanol–water partition coefficient (Wildman–Crippen LogP) is 2.97. The number of imidazole rings is 1. The fourth-order valence-electron chi connectivity index (χ4n) is 4.19. The molecular weight excluding hydrogens is 436 g/mol. The Morgan fingerprint density at radius 2 is 2.06 bits per heavy atom. The number of benzene rings is 1. The molecule has 10 heteroatoms. The Hall–Kier alpha value is -3.24. The van der Waals surface area contributed by atoms with Crippen molar-refractivity contribution in [2.75, 3.05) is 18.4 Å². The lowest BCUT2D eigenvalue weighted by Gasteiger charge is -2.26. The molecule has 1 atom stereocenters. The summed E-state index contributed by atoms with van der Waals surface area (Å²) in [5, 5.41) is 17.4. The molecule has 1 unspecified atom stereocenters. The first kappa shape index (κ1) is 20.4. The summed E-state index contributed by atoms with van der Waals surface area (Å²) in [5.41, 5.74) is 1.88. The highest BCUT2D eigenvalue weighted by atomic mass is 32.2. The summed E-state index contributed by atoms with van der Waals surface area (Å²) in [5.74, 6) is 3.27. The van der Waals surface area contributed by atoms with Crippen LogP contribution in [0.25, 0.3) is 5.82 Å². The first-order chi connectivity index (χ1) is 16.2. The van der Waals surface area contributed by atoms with Crippen LogP contribution in [-0.2, 0) is 6.54 Å². The Morgan fingerprint density at radius 1 is 1.18 bits per heavy atom. The van der Waals surface area contributed by atoms with Crippen LogP contribution in [0.3, 0.4) is 0 Å². The highest BCUT2D eigenvalue weighted by Crippen LogP contribution is 2.39. The number of rotatable bonds is 7. The van der Waals surface area contributed by atoms with Gasteiger partial charge in [-0.15, -0.1) is 0 Å². The summed E-state index contributed by atoms with van der Waals surface area (Å²) in [6, 6.07) is 10.1. The fraction of sp³-hybridized carbons (Fsp3) is 0.348. The van der Waals surface area contributed by atoms with Crippen molar-refractivity contribution < 1.29 is 4.79 Å². The number of anilines is 1. The van der Waals surface area contributed by atoms with Gasteiger partial charge in [-0.25, -0.2) is 4.98 Å². The number of fused-ring (bicyclic) bond motifs is 1. The minimum absolute atomic E-state index is 0.0174. The zero-order valence-corrected chi connectivity index (χ0v) is 18.9. The Bertz CT molecular complexity index is 1170. The van der Waals surface area contributed by atoms with Gasteiger partial charge in [0.2, 0.25) is 0 Å². The number of hydrogen-bond donors (Lipinski definition) is 4. The van der Waals surface area contributed by atoms with Crippen LogP contribution in [-0.4, -0.2) is 49.1 Å². The van der Waals surface area contributed by atoms with Crippen LogP contribution in [0.5, 0.6) is 0 Å².